The van der Waals surface area contributed by atoms with Gasteiger partial charge in [-0.1, -0.05) is 6.42 Å². The number of unbranched alkanes of at least 4 members (excludes halogenated alkanes) is 2. The predicted octanol–water partition coefficient (Wildman–Crippen LogP) is 2.08. The van der Waals surface area contributed by atoms with Crippen molar-refractivity contribution in [3.8, 4) is 0 Å². The van der Waals surface area contributed by atoms with Gasteiger partial charge >= 0.3 is 5.97 Å². The number of hydrogen-bond donors (Lipinski definition) is 1. The minimum Gasteiger partial charge on any atom is -0.481 e. The van der Waals surface area contributed by atoms with Crippen LogP contribution < -0.4 is 0 Å². The van der Waals surface area contributed by atoms with Gasteiger partial charge in [0.1, 0.15) is 4.90 Å². The number of carboxylic acid groups (broad SMARTS) is 1. The molecule has 0 radical (unpaired) electrons. The molecule has 1 N–H and O–H groups in total. The first-order valence-electron chi connectivity index (χ1n) is 6.42. The van der Waals surface area contributed by atoms with Crippen molar-refractivity contribution in [3.05, 3.63) is 27.3 Å². The second-order valence-electron chi connectivity index (χ2n) is 4.73. The molecule has 0 unspecified atom stereocenters. The van der Waals surface area contributed by atoms with Gasteiger partial charge < -0.3 is 5.11 Å². The van der Waals surface area contributed by atoms with Crippen molar-refractivity contribution in [2.45, 2.75) is 30.6 Å². The van der Waals surface area contributed by atoms with Gasteiger partial charge in [-0.05, 0) is 53.6 Å². The van der Waals surface area contributed by atoms with E-state index in [1.165, 1.54) is 12.1 Å². The Bertz CT molecular complexity index is 686. The molecule has 0 aromatic heterocycles. The lowest BCUT2D eigenvalue weighted by atomic mass is 10.2. The van der Waals surface area contributed by atoms with Crippen molar-refractivity contribution in [1.82, 2.24) is 4.31 Å². The van der Waals surface area contributed by atoms with E-state index in [-0.39, 0.29) is 23.4 Å². The summed E-state index contributed by atoms with van der Waals surface area (Å²) >= 11 is 2.00. The Hall–Kier alpha value is -1.16. The van der Waals surface area contributed by atoms with Gasteiger partial charge in [-0.25, -0.2) is 12.7 Å². The van der Waals surface area contributed by atoms with Gasteiger partial charge in [0, 0.05) is 16.5 Å². The number of rotatable bonds is 6. The smallest absolute Gasteiger partial charge is 0.303 e. The summed E-state index contributed by atoms with van der Waals surface area (Å²) in [4.78, 5) is 22.6. The van der Waals surface area contributed by atoms with E-state index >= 15 is 0 Å². The molecule has 1 heterocycles. The number of nitrogens with zero attached hydrogens (tertiary/aromatic N) is 1. The van der Waals surface area contributed by atoms with Gasteiger partial charge in [0.2, 0.25) is 0 Å². The highest BCUT2D eigenvalue weighted by molar-refractivity contribution is 14.1. The molecule has 0 fully saturated rings. The van der Waals surface area contributed by atoms with Crippen molar-refractivity contribution in [3.63, 3.8) is 0 Å². The Balaban J connectivity index is 2.06. The second-order valence-corrected chi connectivity index (χ2v) is 7.80. The van der Waals surface area contributed by atoms with Crippen molar-refractivity contribution in [2.24, 2.45) is 0 Å². The van der Waals surface area contributed by atoms with E-state index in [1.54, 1.807) is 6.07 Å². The molecule has 0 saturated heterocycles. The van der Waals surface area contributed by atoms with Crippen LogP contribution in [-0.2, 0) is 14.8 Å². The Morgan fingerprint density at radius 3 is 2.62 bits per heavy atom. The molecule has 114 valence electrons. The van der Waals surface area contributed by atoms with Crippen LogP contribution in [-0.4, -0.2) is 36.3 Å². The lowest BCUT2D eigenvalue weighted by molar-refractivity contribution is -0.137. The van der Waals surface area contributed by atoms with Crippen LogP contribution in [0.4, 0.5) is 0 Å². The number of aliphatic carboxylic acids is 1. The van der Waals surface area contributed by atoms with Crippen molar-refractivity contribution >= 4 is 44.5 Å². The highest BCUT2D eigenvalue weighted by atomic mass is 127. The number of carbonyl (C=O) groups is 2. The van der Waals surface area contributed by atoms with Gasteiger partial charge in [0.15, 0.2) is 0 Å². The molecular formula is C13H14INO5S. The number of fused-ring (bicyclic) bond motifs is 1. The highest BCUT2D eigenvalue weighted by Crippen LogP contribution is 2.31. The molecule has 0 aliphatic carbocycles. The van der Waals surface area contributed by atoms with Gasteiger partial charge in [-0.15, -0.1) is 0 Å². The van der Waals surface area contributed by atoms with Gasteiger partial charge in [-0.2, -0.15) is 0 Å². The molecular weight excluding hydrogens is 409 g/mol. The lowest BCUT2D eigenvalue weighted by Crippen LogP contribution is -2.31. The largest absolute Gasteiger partial charge is 0.481 e. The molecule has 1 aromatic rings. The van der Waals surface area contributed by atoms with E-state index in [1.807, 2.05) is 22.6 Å². The molecule has 1 amide bonds. The monoisotopic (exact) mass is 423 g/mol. The van der Waals surface area contributed by atoms with Crippen LogP contribution in [0.25, 0.3) is 0 Å². The zero-order chi connectivity index (χ0) is 15.6. The second kappa shape index (κ2) is 6.30. The number of carboxylic acids is 1. The SMILES string of the molecule is O=C(O)CCCCCN1C(=O)c2ccc(I)cc2S1(=O)=O. The first-order chi connectivity index (χ1) is 9.84. The van der Waals surface area contributed by atoms with Crippen LogP contribution in [0, 0.1) is 3.57 Å². The summed E-state index contributed by atoms with van der Waals surface area (Å²) in [5, 5.41) is 8.53. The summed E-state index contributed by atoms with van der Waals surface area (Å²) in [6.45, 7) is 0.0893. The van der Waals surface area contributed by atoms with Crippen LogP contribution in [0.1, 0.15) is 36.0 Å². The van der Waals surface area contributed by atoms with Crippen LogP contribution >= 0.6 is 22.6 Å². The average molecular weight is 423 g/mol. The number of halogens is 1. The fourth-order valence-electron chi connectivity index (χ4n) is 2.18. The minimum absolute atomic E-state index is 0.0547. The van der Waals surface area contributed by atoms with E-state index < -0.39 is 21.9 Å². The third-order valence-corrected chi connectivity index (χ3v) is 5.71. The number of sulfonamides is 1. The fraction of sp³-hybridized carbons (Fsp3) is 0.385. The maximum absolute atomic E-state index is 12.3. The maximum atomic E-state index is 12.3. The lowest BCUT2D eigenvalue weighted by Gasteiger charge is -2.14. The summed E-state index contributed by atoms with van der Waals surface area (Å²) in [6.07, 6.45) is 1.56. The summed E-state index contributed by atoms with van der Waals surface area (Å²) in [6, 6.07) is 4.72. The van der Waals surface area contributed by atoms with E-state index in [2.05, 4.69) is 0 Å². The Kier molecular flexibility index (Phi) is 4.87. The Morgan fingerprint density at radius 2 is 1.95 bits per heavy atom. The quantitative estimate of drug-likeness (QED) is 0.559. The van der Waals surface area contributed by atoms with Crippen LogP contribution in [0.5, 0.6) is 0 Å². The van der Waals surface area contributed by atoms with E-state index in [0.29, 0.717) is 19.3 Å². The first kappa shape index (κ1) is 16.2. The van der Waals surface area contributed by atoms with Crippen molar-refractivity contribution in [1.29, 1.82) is 0 Å². The topological polar surface area (TPSA) is 91.8 Å². The fourth-order valence-corrected chi connectivity index (χ4v) is 4.51. The molecule has 0 atom stereocenters. The summed E-state index contributed by atoms with van der Waals surface area (Å²) in [5.74, 6) is -1.37. The zero-order valence-electron chi connectivity index (χ0n) is 11.1. The first-order valence-corrected chi connectivity index (χ1v) is 8.94. The minimum atomic E-state index is -3.76. The molecule has 1 aromatic carbocycles. The number of carbonyl (C=O) groups excluding carboxylic acids is 1. The van der Waals surface area contributed by atoms with Crippen molar-refractivity contribution < 1.29 is 23.1 Å². The van der Waals surface area contributed by atoms with Gasteiger partial charge in [0.25, 0.3) is 15.9 Å². The van der Waals surface area contributed by atoms with E-state index in [4.69, 9.17) is 5.11 Å². The molecule has 0 saturated carbocycles. The number of amides is 1. The molecule has 0 bridgehead atoms. The van der Waals surface area contributed by atoms with Crippen LogP contribution in [0.15, 0.2) is 23.1 Å². The van der Waals surface area contributed by atoms with Crippen molar-refractivity contribution in [2.75, 3.05) is 6.54 Å². The van der Waals surface area contributed by atoms with Gasteiger partial charge in [-0.3, -0.25) is 9.59 Å². The van der Waals surface area contributed by atoms with E-state index in [9.17, 15) is 18.0 Å². The third kappa shape index (κ3) is 3.37. The van der Waals surface area contributed by atoms with Crippen LogP contribution in [0.3, 0.4) is 0 Å². The highest BCUT2D eigenvalue weighted by Gasteiger charge is 2.40. The van der Waals surface area contributed by atoms with Crippen LogP contribution in [0.2, 0.25) is 0 Å². The molecule has 1 aliphatic heterocycles. The molecule has 0 spiro atoms. The summed E-state index contributed by atoms with van der Waals surface area (Å²) < 4.78 is 26.3. The average Bonchev–Trinajstić information content (AvgIpc) is 2.58. The van der Waals surface area contributed by atoms with E-state index in [0.717, 1.165) is 7.88 Å². The summed E-state index contributed by atoms with van der Waals surface area (Å²) in [7, 11) is -3.76. The standard InChI is InChI=1S/C13H14INO5S/c14-9-5-6-10-11(8-9)21(19,20)15(13(10)18)7-3-1-2-4-12(16)17/h5-6,8H,1-4,7H2,(H,16,17). The molecule has 1 aliphatic rings. The summed E-state index contributed by atoms with van der Waals surface area (Å²) in [5.41, 5.74) is 0.209. The Labute approximate surface area is 136 Å². The molecule has 2 rings (SSSR count). The molecule has 21 heavy (non-hydrogen) atoms. The maximum Gasteiger partial charge on any atom is 0.303 e. The Morgan fingerprint density at radius 1 is 1.24 bits per heavy atom. The number of benzene rings is 1. The number of hydrogen-bond acceptors (Lipinski definition) is 4. The normalized spacial score (nSPS) is 16.0. The van der Waals surface area contributed by atoms with Gasteiger partial charge in [0.05, 0.1) is 5.56 Å². The molecule has 6 nitrogen and oxygen atoms in total. The predicted molar refractivity (Wildman–Crippen MR) is 83.5 cm³/mol. The zero-order valence-corrected chi connectivity index (χ0v) is 14.1. The third-order valence-electron chi connectivity index (χ3n) is 3.22. The molecule has 8 heteroatoms.